The van der Waals surface area contributed by atoms with Gasteiger partial charge in [-0.05, 0) is 44.9 Å². The number of Topliss-reactive ketones (excluding diaryl/α,β-unsaturated/α-hetero) is 1. The Balaban J connectivity index is 1.73. The van der Waals surface area contributed by atoms with Crippen LogP contribution in [0.25, 0.3) is 0 Å². The summed E-state index contributed by atoms with van der Waals surface area (Å²) >= 11 is 0. The Morgan fingerprint density at radius 1 is 1.15 bits per heavy atom. The summed E-state index contributed by atoms with van der Waals surface area (Å²) in [5.74, 6) is -1.59. The third-order valence-electron chi connectivity index (χ3n) is 4.48. The molecule has 138 valence electrons. The van der Waals surface area contributed by atoms with Crippen LogP contribution in [0.3, 0.4) is 0 Å². The predicted molar refractivity (Wildman–Crippen MR) is 88.2 cm³/mol. The monoisotopic (exact) mass is 365 g/mol. The van der Waals surface area contributed by atoms with E-state index in [2.05, 4.69) is 4.57 Å². The van der Waals surface area contributed by atoms with Gasteiger partial charge in [0, 0.05) is 23.0 Å². The average molecular weight is 365 g/mol. The highest BCUT2D eigenvalue weighted by atomic mass is 19.4. The number of carbonyl (C=O) groups excluding carboxylic acids is 2. The Morgan fingerprint density at radius 3 is 2.42 bits per heavy atom. The first-order valence-electron chi connectivity index (χ1n) is 8.25. The number of rotatable bonds is 5. The number of benzene rings is 1. The molecule has 4 nitrogen and oxygen atoms in total. The van der Waals surface area contributed by atoms with Crippen molar-refractivity contribution in [2.75, 3.05) is 6.61 Å². The molecule has 7 heteroatoms. The van der Waals surface area contributed by atoms with E-state index in [-0.39, 0.29) is 0 Å². The molecule has 2 aromatic rings. The number of hydrogen-bond donors (Lipinski definition) is 0. The first-order valence-corrected chi connectivity index (χ1v) is 8.25. The fourth-order valence-electron chi connectivity index (χ4n) is 3.15. The van der Waals surface area contributed by atoms with Crippen molar-refractivity contribution in [2.45, 2.75) is 38.9 Å². The Bertz CT molecular complexity index is 863. The standard InChI is InChI=1S/C19H18F3NO3/c1-11-9-15(12(2)23(11)13-7-8-13)17(24)10-26-18(25)14-5-3-4-6-16(14)19(20,21)22/h3-6,9,13H,7-8,10H2,1-2H3. The number of ether oxygens (including phenoxy) is 1. The van der Waals surface area contributed by atoms with Crippen LogP contribution in [0.5, 0.6) is 0 Å². The van der Waals surface area contributed by atoms with E-state index in [0.717, 1.165) is 36.4 Å². The van der Waals surface area contributed by atoms with Gasteiger partial charge < -0.3 is 9.30 Å². The van der Waals surface area contributed by atoms with Crippen LogP contribution in [0.1, 0.15) is 56.6 Å². The zero-order valence-corrected chi connectivity index (χ0v) is 14.4. The topological polar surface area (TPSA) is 48.3 Å². The normalized spacial score (nSPS) is 14.3. The number of esters is 1. The van der Waals surface area contributed by atoms with Crippen molar-refractivity contribution in [3.8, 4) is 0 Å². The minimum atomic E-state index is -4.67. The van der Waals surface area contributed by atoms with Crippen LogP contribution < -0.4 is 0 Å². The summed E-state index contributed by atoms with van der Waals surface area (Å²) in [6, 6.07) is 6.48. The minimum absolute atomic E-state index is 0.401. The molecule has 1 aromatic heterocycles. The van der Waals surface area contributed by atoms with Crippen LogP contribution in [-0.4, -0.2) is 22.9 Å². The molecule has 0 unspecified atom stereocenters. The molecule has 1 aromatic carbocycles. The van der Waals surface area contributed by atoms with E-state index in [9.17, 15) is 22.8 Å². The van der Waals surface area contributed by atoms with Crippen molar-refractivity contribution in [2.24, 2.45) is 0 Å². The number of ketones is 1. The Kier molecular flexibility index (Phi) is 4.64. The van der Waals surface area contributed by atoms with Gasteiger partial charge in [-0.15, -0.1) is 0 Å². The fourth-order valence-corrected chi connectivity index (χ4v) is 3.15. The third-order valence-corrected chi connectivity index (χ3v) is 4.48. The van der Waals surface area contributed by atoms with E-state index in [0.29, 0.717) is 11.6 Å². The molecule has 1 saturated carbocycles. The van der Waals surface area contributed by atoms with Crippen LogP contribution in [0.4, 0.5) is 13.2 Å². The minimum Gasteiger partial charge on any atom is -0.454 e. The highest BCUT2D eigenvalue weighted by Crippen LogP contribution is 2.38. The molecule has 1 heterocycles. The number of aromatic nitrogens is 1. The lowest BCUT2D eigenvalue weighted by atomic mass is 10.1. The molecular formula is C19H18F3NO3. The number of carbonyl (C=O) groups is 2. The molecule has 0 N–H and O–H groups in total. The van der Waals surface area contributed by atoms with Gasteiger partial charge in [0.15, 0.2) is 6.61 Å². The van der Waals surface area contributed by atoms with Gasteiger partial charge in [-0.3, -0.25) is 4.79 Å². The summed E-state index contributed by atoms with van der Waals surface area (Å²) in [6.07, 6.45) is -2.55. The zero-order chi connectivity index (χ0) is 19.1. The van der Waals surface area contributed by atoms with Gasteiger partial charge in [0.25, 0.3) is 0 Å². The molecule has 0 radical (unpaired) electrons. The van der Waals surface area contributed by atoms with Crippen molar-refractivity contribution in [3.63, 3.8) is 0 Å². The first-order chi connectivity index (χ1) is 12.2. The zero-order valence-electron chi connectivity index (χ0n) is 14.4. The van der Waals surface area contributed by atoms with Crippen molar-refractivity contribution in [1.82, 2.24) is 4.57 Å². The molecule has 26 heavy (non-hydrogen) atoms. The summed E-state index contributed by atoms with van der Waals surface area (Å²) in [5.41, 5.74) is 0.496. The lowest BCUT2D eigenvalue weighted by Gasteiger charge is -2.12. The van der Waals surface area contributed by atoms with Gasteiger partial charge in [0.1, 0.15) is 0 Å². The van der Waals surface area contributed by atoms with Gasteiger partial charge in [-0.2, -0.15) is 13.2 Å². The third kappa shape index (κ3) is 3.52. The Hall–Kier alpha value is -2.57. The Labute approximate surface area is 148 Å². The number of halogens is 3. The smallest absolute Gasteiger partial charge is 0.417 e. The van der Waals surface area contributed by atoms with Crippen LogP contribution in [0.2, 0.25) is 0 Å². The Morgan fingerprint density at radius 2 is 1.81 bits per heavy atom. The number of nitrogens with zero attached hydrogens (tertiary/aromatic N) is 1. The summed E-state index contributed by atoms with van der Waals surface area (Å²) in [7, 11) is 0. The summed E-state index contributed by atoms with van der Waals surface area (Å²) in [6.45, 7) is 3.12. The number of alkyl halides is 3. The highest BCUT2D eigenvalue weighted by molar-refractivity contribution is 6.00. The number of hydrogen-bond acceptors (Lipinski definition) is 3. The van der Waals surface area contributed by atoms with E-state index in [1.807, 2.05) is 13.8 Å². The largest absolute Gasteiger partial charge is 0.454 e. The lowest BCUT2D eigenvalue weighted by molar-refractivity contribution is -0.138. The van der Waals surface area contributed by atoms with Gasteiger partial charge in [-0.25, -0.2) is 4.79 Å². The first kappa shape index (κ1) is 18.2. The molecule has 0 bridgehead atoms. The fraction of sp³-hybridized carbons (Fsp3) is 0.368. The lowest BCUT2D eigenvalue weighted by Crippen LogP contribution is -2.18. The van der Waals surface area contributed by atoms with Gasteiger partial charge in [0.05, 0.1) is 11.1 Å². The summed E-state index contributed by atoms with van der Waals surface area (Å²) < 4.78 is 45.9. The maximum atomic E-state index is 13.0. The molecule has 3 rings (SSSR count). The van der Waals surface area contributed by atoms with Crippen molar-refractivity contribution in [1.29, 1.82) is 0 Å². The molecule has 1 fully saturated rings. The van der Waals surface area contributed by atoms with E-state index in [1.165, 1.54) is 12.1 Å². The second kappa shape index (κ2) is 6.63. The van der Waals surface area contributed by atoms with Gasteiger partial charge in [0.2, 0.25) is 5.78 Å². The van der Waals surface area contributed by atoms with Crippen molar-refractivity contribution < 1.29 is 27.5 Å². The SMILES string of the molecule is Cc1cc(C(=O)COC(=O)c2ccccc2C(F)(F)F)c(C)n1C1CC1. The second-order valence-corrected chi connectivity index (χ2v) is 6.43. The van der Waals surface area contributed by atoms with E-state index in [4.69, 9.17) is 4.74 Å². The molecule has 0 spiro atoms. The summed E-state index contributed by atoms with van der Waals surface area (Å²) in [5, 5.41) is 0. The predicted octanol–water partition coefficient (Wildman–Crippen LogP) is 4.50. The maximum absolute atomic E-state index is 13.0. The maximum Gasteiger partial charge on any atom is 0.417 e. The molecular weight excluding hydrogens is 347 g/mol. The van der Waals surface area contributed by atoms with Gasteiger partial charge in [-0.1, -0.05) is 12.1 Å². The molecule has 0 atom stereocenters. The summed E-state index contributed by atoms with van der Waals surface area (Å²) in [4.78, 5) is 24.4. The molecule has 0 saturated heterocycles. The molecule has 0 aliphatic heterocycles. The average Bonchev–Trinajstić information content (AvgIpc) is 3.36. The number of aryl methyl sites for hydroxylation is 1. The highest BCUT2D eigenvalue weighted by Gasteiger charge is 2.35. The second-order valence-electron chi connectivity index (χ2n) is 6.43. The van der Waals surface area contributed by atoms with Crippen LogP contribution in [0.15, 0.2) is 30.3 Å². The van der Waals surface area contributed by atoms with E-state index >= 15 is 0 Å². The van der Waals surface area contributed by atoms with Crippen LogP contribution in [0, 0.1) is 13.8 Å². The quantitative estimate of drug-likeness (QED) is 0.579. The van der Waals surface area contributed by atoms with Crippen LogP contribution >= 0.6 is 0 Å². The van der Waals surface area contributed by atoms with Crippen LogP contribution in [-0.2, 0) is 10.9 Å². The molecule has 0 amide bonds. The molecule has 1 aliphatic carbocycles. The van der Waals surface area contributed by atoms with E-state index in [1.54, 1.807) is 6.07 Å². The van der Waals surface area contributed by atoms with E-state index < -0.39 is 35.7 Å². The van der Waals surface area contributed by atoms with Crippen molar-refractivity contribution in [3.05, 3.63) is 58.4 Å². The van der Waals surface area contributed by atoms with Gasteiger partial charge >= 0.3 is 12.1 Å². The molecule has 1 aliphatic rings. The van der Waals surface area contributed by atoms with Crippen molar-refractivity contribution >= 4 is 11.8 Å².